The average molecular weight is 294 g/mol. The van der Waals surface area contributed by atoms with Crippen LogP contribution < -0.4 is 11.2 Å². The topological polar surface area (TPSA) is 84.3 Å². The number of aromatic nitrogens is 2. The summed E-state index contributed by atoms with van der Waals surface area (Å²) in [7, 11) is 0. The van der Waals surface area contributed by atoms with Gasteiger partial charge < -0.3 is 9.84 Å². The largest absolute Gasteiger partial charge is 0.394 e. The van der Waals surface area contributed by atoms with Gasteiger partial charge in [-0.05, 0) is 19.3 Å². The predicted molar refractivity (Wildman–Crippen MR) is 80.1 cm³/mol. The smallest absolute Gasteiger partial charge is 0.330 e. The standard InChI is InChI=1S/C15H22N2O4/c1-2-3-4-5-6-11-9-17(15(20)16-14(11)19)13-8-7-12(10-18)21-13/h5-6,9,12-13,18H,2-4,7-8,10H2,1H3,(H,16,19,20)/b6-5+/t12-,13+/m0/s1. The fraction of sp³-hybridized carbons (Fsp3) is 0.600. The van der Waals surface area contributed by atoms with Crippen molar-refractivity contribution in [2.45, 2.75) is 51.4 Å². The van der Waals surface area contributed by atoms with Gasteiger partial charge in [0.1, 0.15) is 6.23 Å². The molecule has 1 aromatic rings. The second-order valence-electron chi connectivity index (χ2n) is 5.27. The van der Waals surface area contributed by atoms with Gasteiger partial charge in [-0.15, -0.1) is 0 Å². The first kappa shape index (κ1) is 15.7. The molecule has 116 valence electrons. The number of nitrogens with one attached hydrogen (secondary N) is 1. The predicted octanol–water partition coefficient (Wildman–Crippen LogP) is 1.41. The van der Waals surface area contributed by atoms with Gasteiger partial charge in [0.15, 0.2) is 0 Å². The molecule has 2 rings (SSSR count). The van der Waals surface area contributed by atoms with Crippen LogP contribution in [0.15, 0.2) is 21.9 Å². The molecule has 0 spiro atoms. The van der Waals surface area contributed by atoms with Gasteiger partial charge in [0.25, 0.3) is 5.56 Å². The Bertz CT molecular complexity index is 602. The minimum atomic E-state index is -0.478. The first-order chi connectivity index (χ1) is 10.2. The highest BCUT2D eigenvalue weighted by Gasteiger charge is 2.26. The van der Waals surface area contributed by atoms with Crippen molar-refractivity contribution < 1.29 is 9.84 Å². The average Bonchev–Trinajstić information content (AvgIpc) is 2.94. The second-order valence-corrected chi connectivity index (χ2v) is 5.27. The summed E-state index contributed by atoms with van der Waals surface area (Å²) in [5.74, 6) is 0. The van der Waals surface area contributed by atoms with E-state index >= 15 is 0 Å². The maximum atomic E-state index is 11.9. The number of aliphatic hydroxyl groups excluding tert-OH is 1. The van der Waals surface area contributed by atoms with Crippen molar-refractivity contribution in [2.75, 3.05) is 6.61 Å². The number of hydrogen-bond donors (Lipinski definition) is 2. The number of hydrogen-bond acceptors (Lipinski definition) is 4. The van der Waals surface area contributed by atoms with Crippen molar-refractivity contribution in [1.29, 1.82) is 0 Å². The molecule has 1 saturated heterocycles. The number of nitrogens with zero attached hydrogens (tertiary/aromatic N) is 1. The van der Waals surface area contributed by atoms with Gasteiger partial charge in [-0.1, -0.05) is 31.9 Å². The van der Waals surface area contributed by atoms with Crippen LogP contribution in [0.2, 0.25) is 0 Å². The van der Waals surface area contributed by atoms with Crippen molar-refractivity contribution in [3.63, 3.8) is 0 Å². The molecule has 2 N–H and O–H groups in total. The molecule has 1 aromatic heterocycles. The highest BCUT2D eigenvalue weighted by atomic mass is 16.5. The van der Waals surface area contributed by atoms with Crippen LogP contribution in [0.3, 0.4) is 0 Å². The maximum absolute atomic E-state index is 11.9. The summed E-state index contributed by atoms with van der Waals surface area (Å²) >= 11 is 0. The molecular weight excluding hydrogens is 272 g/mol. The Balaban J connectivity index is 2.21. The van der Waals surface area contributed by atoms with Crippen LogP contribution in [-0.4, -0.2) is 27.4 Å². The molecule has 0 aliphatic carbocycles. The van der Waals surface area contributed by atoms with Gasteiger partial charge in [-0.2, -0.15) is 0 Å². The molecule has 21 heavy (non-hydrogen) atoms. The monoisotopic (exact) mass is 294 g/mol. The quantitative estimate of drug-likeness (QED) is 0.777. The van der Waals surface area contributed by atoms with E-state index in [0.717, 1.165) is 19.3 Å². The lowest BCUT2D eigenvalue weighted by Gasteiger charge is -2.15. The molecule has 1 fully saturated rings. The molecule has 0 saturated carbocycles. The van der Waals surface area contributed by atoms with E-state index in [1.54, 1.807) is 6.08 Å². The lowest BCUT2D eigenvalue weighted by atomic mass is 10.2. The van der Waals surface area contributed by atoms with Crippen molar-refractivity contribution in [2.24, 2.45) is 0 Å². The molecule has 0 radical (unpaired) electrons. The first-order valence-electron chi connectivity index (χ1n) is 7.44. The number of H-pyrrole nitrogens is 1. The third kappa shape index (κ3) is 3.92. The fourth-order valence-electron chi connectivity index (χ4n) is 2.39. The number of allylic oxidation sites excluding steroid dienone is 1. The van der Waals surface area contributed by atoms with Gasteiger partial charge in [0.2, 0.25) is 0 Å². The van der Waals surface area contributed by atoms with E-state index in [4.69, 9.17) is 9.84 Å². The summed E-state index contributed by atoms with van der Waals surface area (Å²) in [5.41, 5.74) is -0.420. The van der Waals surface area contributed by atoms with Gasteiger partial charge in [0.05, 0.1) is 18.3 Å². The normalized spacial score (nSPS) is 22.2. The number of aliphatic hydroxyl groups is 1. The minimum Gasteiger partial charge on any atom is -0.394 e. The Labute approximate surface area is 123 Å². The van der Waals surface area contributed by atoms with E-state index < -0.39 is 11.9 Å². The Morgan fingerprint density at radius 3 is 2.95 bits per heavy atom. The fourth-order valence-corrected chi connectivity index (χ4v) is 2.39. The van der Waals surface area contributed by atoms with Crippen molar-refractivity contribution in [3.05, 3.63) is 38.7 Å². The summed E-state index contributed by atoms with van der Waals surface area (Å²) in [4.78, 5) is 26.0. The molecule has 0 amide bonds. The summed E-state index contributed by atoms with van der Waals surface area (Å²) in [6, 6.07) is 0. The van der Waals surface area contributed by atoms with Crippen molar-refractivity contribution in [1.82, 2.24) is 9.55 Å². The van der Waals surface area contributed by atoms with Crippen LogP contribution in [0.25, 0.3) is 6.08 Å². The summed E-state index contributed by atoms with van der Waals surface area (Å²) in [6.07, 6.45) is 8.97. The van der Waals surface area contributed by atoms with Gasteiger partial charge in [-0.25, -0.2) is 4.79 Å². The lowest BCUT2D eigenvalue weighted by molar-refractivity contribution is -0.0246. The molecule has 0 bridgehead atoms. The minimum absolute atomic E-state index is 0.0572. The third-order valence-corrected chi connectivity index (χ3v) is 3.62. The Hall–Kier alpha value is -1.66. The Morgan fingerprint density at radius 2 is 2.29 bits per heavy atom. The summed E-state index contributed by atoms with van der Waals surface area (Å²) in [6.45, 7) is 2.05. The van der Waals surface area contributed by atoms with Crippen LogP contribution in [0.1, 0.15) is 50.8 Å². The highest BCUT2D eigenvalue weighted by Crippen LogP contribution is 2.26. The number of aromatic amines is 1. The molecule has 1 aliphatic heterocycles. The second kappa shape index (κ2) is 7.38. The van der Waals surface area contributed by atoms with E-state index in [0.29, 0.717) is 18.4 Å². The molecule has 2 atom stereocenters. The van der Waals surface area contributed by atoms with Crippen LogP contribution in [0, 0.1) is 0 Å². The van der Waals surface area contributed by atoms with Crippen LogP contribution in [0.5, 0.6) is 0 Å². The van der Waals surface area contributed by atoms with Crippen LogP contribution >= 0.6 is 0 Å². The van der Waals surface area contributed by atoms with Gasteiger partial charge in [0, 0.05) is 6.20 Å². The molecule has 6 nitrogen and oxygen atoms in total. The van der Waals surface area contributed by atoms with Gasteiger partial charge in [-0.3, -0.25) is 14.3 Å². The summed E-state index contributed by atoms with van der Waals surface area (Å²) in [5, 5.41) is 9.08. The van der Waals surface area contributed by atoms with Crippen molar-refractivity contribution >= 4 is 6.08 Å². The SMILES string of the molecule is CCCC/C=C/c1cn([C@H]2CC[C@@H](CO)O2)c(=O)[nH]c1=O. The van der Waals surface area contributed by atoms with Crippen molar-refractivity contribution in [3.8, 4) is 0 Å². The molecule has 1 aliphatic rings. The number of rotatable bonds is 6. The van der Waals surface area contributed by atoms with E-state index in [1.807, 2.05) is 6.08 Å². The van der Waals surface area contributed by atoms with Crippen LogP contribution in [0.4, 0.5) is 0 Å². The molecular formula is C15H22N2O4. The zero-order chi connectivity index (χ0) is 15.2. The molecule has 0 unspecified atom stereocenters. The number of unbranched alkanes of at least 4 members (excludes halogenated alkanes) is 2. The maximum Gasteiger partial charge on any atom is 0.330 e. The highest BCUT2D eigenvalue weighted by molar-refractivity contribution is 5.46. The van der Waals surface area contributed by atoms with E-state index in [2.05, 4.69) is 11.9 Å². The summed E-state index contributed by atoms with van der Waals surface area (Å²) < 4.78 is 6.98. The zero-order valence-corrected chi connectivity index (χ0v) is 12.2. The lowest BCUT2D eigenvalue weighted by Crippen LogP contribution is -2.33. The third-order valence-electron chi connectivity index (χ3n) is 3.62. The van der Waals surface area contributed by atoms with Crippen LogP contribution in [-0.2, 0) is 4.74 Å². The molecule has 0 aromatic carbocycles. The Kier molecular flexibility index (Phi) is 5.52. The number of ether oxygens (including phenoxy) is 1. The van der Waals surface area contributed by atoms with E-state index in [1.165, 1.54) is 10.8 Å². The Morgan fingerprint density at radius 1 is 1.48 bits per heavy atom. The zero-order valence-electron chi connectivity index (χ0n) is 12.2. The molecule has 2 heterocycles. The first-order valence-corrected chi connectivity index (χ1v) is 7.44. The molecule has 6 heteroatoms. The van der Waals surface area contributed by atoms with Gasteiger partial charge >= 0.3 is 5.69 Å². The van der Waals surface area contributed by atoms with E-state index in [9.17, 15) is 9.59 Å². The van der Waals surface area contributed by atoms with E-state index in [-0.39, 0.29) is 18.3 Å².